The summed E-state index contributed by atoms with van der Waals surface area (Å²) in [7, 11) is 0. The van der Waals surface area contributed by atoms with Gasteiger partial charge >= 0.3 is 6.61 Å². The van der Waals surface area contributed by atoms with Gasteiger partial charge in [0.05, 0.1) is 0 Å². The SMILES string of the molecule is FC(F)Oc1ccc(-c2cnc(NC3CCCCCC3)nc2)cc1. The van der Waals surface area contributed by atoms with Crippen LogP contribution in [0.5, 0.6) is 5.75 Å². The van der Waals surface area contributed by atoms with Gasteiger partial charge in [-0.3, -0.25) is 0 Å². The first-order chi connectivity index (χ1) is 11.7. The Balaban J connectivity index is 1.63. The van der Waals surface area contributed by atoms with E-state index in [9.17, 15) is 8.78 Å². The molecular weight excluding hydrogens is 312 g/mol. The van der Waals surface area contributed by atoms with E-state index >= 15 is 0 Å². The molecule has 1 saturated carbocycles. The van der Waals surface area contributed by atoms with E-state index in [2.05, 4.69) is 20.0 Å². The maximum absolute atomic E-state index is 12.2. The third-order valence-corrected chi connectivity index (χ3v) is 4.25. The molecule has 4 nitrogen and oxygen atoms in total. The number of ether oxygens (including phenoxy) is 1. The van der Waals surface area contributed by atoms with Crippen LogP contribution in [0, 0.1) is 0 Å². The van der Waals surface area contributed by atoms with E-state index < -0.39 is 6.61 Å². The molecule has 0 atom stereocenters. The van der Waals surface area contributed by atoms with Gasteiger partial charge in [0.25, 0.3) is 0 Å². The molecule has 1 fully saturated rings. The lowest BCUT2D eigenvalue weighted by atomic mass is 10.1. The van der Waals surface area contributed by atoms with Gasteiger partial charge < -0.3 is 10.1 Å². The van der Waals surface area contributed by atoms with E-state index in [1.807, 2.05) is 0 Å². The van der Waals surface area contributed by atoms with Crippen molar-refractivity contribution in [2.75, 3.05) is 5.32 Å². The molecule has 3 rings (SSSR count). The summed E-state index contributed by atoms with van der Waals surface area (Å²) >= 11 is 0. The number of alkyl halides is 2. The average Bonchev–Trinajstić information content (AvgIpc) is 2.85. The molecule has 0 radical (unpaired) electrons. The smallest absolute Gasteiger partial charge is 0.387 e. The molecule has 1 heterocycles. The summed E-state index contributed by atoms with van der Waals surface area (Å²) in [6, 6.07) is 6.91. The zero-order chi connectivity index (χ0) is 16.8. The summed E-state index contributed by atoms with van der Waals surface area (Å²) in [6.07, 6.45) is 10.9. The molecule has 1 aliphatic carbocycles. The molecule has 128 valence electrons. The number of nitrogens with one attached hydrogen (secondary N) is 1. The topological polar surface area (TPSA) is 47.0 Å². The van der Waals surface area contributed by atoms with Gasteiger partial charge in [-0.2, -0.15) is 8.78 Å². The maximum atomic E-state index is 12.2. The van der Waals surface area contributed by atoms with Crippen LogP contribution >= 0.6 is 0 Å². The predicted octanol–water partition coefficient (Wildman–Crippen LogP) is 4.88. The average molecular weight is 333 g/mol. The van der Waals surface area contributed by atoms with Crippen molar-refractivity contribution in [2.45, 2.75) is 51.2 Å². The van der Waals surface area contributed by atoms with Crippen LogP contribution in [0.4, 0.5) is 14.7 Å². The molecule has 2 aromatic rings. The van der Waals surface area contributed by atoms with Crippen LogP contribution in [0.1, 0.15) is 38.5 Å². The van der Waals surface area contributed by atoms with Crippen molar-refractivity contribution >= 4 is 5.95 Å². The second-order valence-electron chi connectivity index (χ2n) is 6.03. The molecule has 0 spiro atoms. The van der Waals surface area contributed by atoms with Crippen LogP contribution in [0.2, 0.25) is 0 Å². The minimum absolute atomic E-state index is 0.140. The summed E-state index contributed by atoms with van der Waals surface area (Å²) < 4.78 is 28.7. The van der Waals surface area contributed by atoms with Crippen LogP contribution in [0.15, 0.2) is 36.7 Å². The van der Waals surface area contributed by atoms with Gasteiger partial charge in [-0.25, -0.2) is 9.97 Å². The third-order valence-electron chi connectivity index (χ3n) is 4.25. The van der Waals surface area contributed by atoms with E-state index in [4.69, 9.17) is 0 Å². The van der Waals surface area contributed by atoms with Crippen molar-refractivity contribution in [3.05, 3.63) is 36.7 Å². The lowest BCUT2D eigenvalue weighted by Crippen LogP contribution is -2.19. The molecule has 1 aromatic carbocycles. The van der Waals surface area contributed by atoms with Gasteiger partial charge in [0.2, 0.25) is 5.95 Å². The van der Waals surface area contributed by atoms with Crippen molar-refractivity contribution < 1.29 is 13.5 Å². The highest BCUT2D eigenvalue weighted by atomic mass is 19.3. The lowest BCUT2D eigenvalue weighted by molar-refractivity contribution is -0.0498. The summed E-state index contributed by atoms with van der Waals surface area (Å²) in [5.74, 6) is 0.782. The quantitative estimate of drug-likeness (QED) is 0.792. The second kappa shape index (κ2) is 8.04. The Hall–Kier alpha value is -2.24. The highest BCUT2D eigenvalue weighted by Crippen LogP contribution is 2.23. The number of hydrogen-bond donors (Lipinski definition) is 1. The van der Waals surface area contributed by atoms with Crippen LogP contribution in [0.3, 0.4) is 0 Å². The van der Waals surface area contributed by atoms with Gasteiger partial charge in [-0.15, -0.1) is 0 Å². The van der Waals surface area contributed by atoms with Crippen molar-refractivity contribution in [3.8, 4) is 16.9 Å². The molecule has 0 saturated heterocycles. The van der Waals surface area contributed by atoms with Crippen molar-refractivity contribution in [3.63, 3.8) is 0 Å². The molecule has 0 unspecified atom stereocenters. The number of rotatable bonds is 5. The van der Waals surface area contributed by atoms with Crippen LogP contribution in [0.25, 0.3) is 11.1 Å². The largest absolute Gasteiger partial charge is 0.435 e. The Morgan fingerprint density at radius 3 is 2.12 bits per heavy atom. The van der Waals surface area contributed by atoms with E-state index in [0.29, 0.717) is 12.0 Å². The van der Waals surface area contributed by atoms with E-state index in [-0.39, 0.29) is 5.75 Å². The van der Waals surface area contributed by atoms with Crippen molar-refractivity contribution in [1.29, 1.82) is 0 Å². The molecule has 1 N–H and O–H groups in total. The minimum Gasteiger partial charge on any atom is -0.435 e. The molecular formula is C18H21F2N3O. The summed E-state index contributed by atoms with van der Waals surface area (Å²) in [5, 5.41) is 3.40. The van der Waals surface area contributed by atoms with Gasteiger partial charge in [-0.05, 0) is 30.5 Å². The van der Waals surface area contributed by atoms with Gasteiger partial charge in [-0.1, -0.05) is 37.8 Å². The zero-order valence-electron chi connectivity index (χ0n) is 13.4. The standard InChI is InChI=1S/C18H21F2N3O/c19-17(20)24-16-9-7-13(8-10-16)14-11-21-18(22-12-14)23-15-5-3-1-2-4-6-15/h7-12,15,17H,1-6H2,(H,21,22,23). The summed E-state index contributed by atoms with van der Waals surface area (Å²) in [4.78, 5) is 8.75. The maximum Gasteiger partial charge on any atom is 0.387 e. The van der Waals surface area contributed by atoms with Gasteiger partial charge in [0, 0.05) is 24.0 Å². The molecule has 6 heteroatoms. The zero-order valence-corrected chi connectivity index (χ0v) is 13.4. The van der Waals surface area contributed by atoms with Crippen LogP contribution in [-0.4, -0.2) is 22.6 Å². The fourth-order valence-electron chi connectivity index (χ4n) is 2.99. The first-order valence-corrected chi connectivity index (χ1v) is 8.34. The Bertz CT molecular complexity index is 624. The van der Waals surface area contributed by atoms with Crippen molar-refractivity contribution in [2.24, 2.45) is 0 Å². The molecule has 1 aromatic heterocycles. The van der Waals surface area contributed by atoms with E-state index in [1.165, 1.54) is 37.8 Å². The van der Waals surface area contributed by atoms with Gasteiger partial charge in [0.15, 0.2) is 0 Å². The lowest BCUT2D eigenvalue weighted by Gasteiger charge is -2.16. The Kier molecular flexibility index (Phi) is 5.56. The van der Waals surface area contributed by atoms with Crippen LogP contribution < -0.4 is 10.1 Å². The number of hydrogen-bond acceptors (Lipinski definition) is 4. The minimum atomic E-state index is -2.81. The number of halogens is 2. The third kappa shape index (κ3) is 4.63. The monoisotopic (exact) mass is 333 g/mol. The molecule has 24 heavy (non-hydrogen) atoms. The highest BCUT2D eigenvalue weighted by molar-refractivity contribution is 5.62. The first kappa shape index (κ1) is 16.6. The normalized spacial score (nSPS) is 16.0. The fourth-order valence-corrected chi connectivity index (χ4v) is 2.99. The second-order valence-corrected chi connectivity index (χ2v) is 6.03. The Labute approximate surface area is 140 Å². The van der Waals surface area contributed by atoms with E-state index in [1.54, 1.807) is 24.5 Å². The molecule has 1 aliphatic rings. The first-order valence-electron chi connectivity index (χ1n) is 8.34. The fraction of sp³-hybridized carbons (Fsp3) is 0.444. The Morgan fingerprint density at radius 2 is 1.54 bits per heavy atom. The predicted molar refractivity (Wildman–Crippen MR) is 89.2 cm³/mol. The van der Waals surface area contributed by atoms with Crippen LogP contribution in [-0.2, 0) is 0 Å². The number of anilines is 1. The van der Waals surface area contributed by atoms with Crippen molar-refractivity contribution in [1.82, 2.24) is 9.97 Å². The highest BCUT2D eigenvalue weighted by Gasteiger charge is 2.13. The Morgan fingerprint density at radius 1 is 0.917 bits per heavy atom. The number of nitrogens with zero attached hydrogens (tertiary/aromatic N) is 2. The number of benzene rings is 1. The molecule has 0 aliphatic heterocycles. The molecule has 0 amide bonds. The summed E-state index contributed by atoms with van der Waals surface area (Å²) in [6.45, 7) is -2.81. The number of aromatic nitrogens is 2. The van der Waals surface area contributed by atoms with E-state index in [0.717, 1.165) is 24.0 Å². The van der Waals surface area contributed by atoms with Gasteiger partial charge in [0.1, 0.15) is 5.75 Å². The molecule has 0 bridgehead atoms. The summed E-state index contributed by atoms with van der Waals surface area (Å²) in [5.41, 5.74) is 1.70.